The molecule has 0 bridgehead atoms. The smallest absolute Gasteiger partial charge is 0.468 e. The highest BCUT2D eigenvalue weighted by molar-refractivity contribution is 6.60. The van der Waals surface area contributed by atoms with E-state index in [1.165, 1.54) is 6.04 Å². The third-order valence-electron chi connectivity index (χ3n) is 2.01. The molecule has 0 radical (unpaired) electrons. The fourth-order valence-corrected chi connectivity index (χ4v) is 5.05. The van der Waals surface area contributed by atoms with Crippen molar-refractivity contribution in [1.82, 2.24) is 0 Å². The van der Waals surface area contributed by atoms with E-state index in [0.29, 0.717) is 0 Å². The number of hydrogen-bond donors (Lipinski definition) is 0. The summed E-state index contributed by atoms with van der Waals surface area (Å²) in [6.45, 7) is 0. The molecule has 0 atom stereocenters. The first-order valence-electron chi connectivity index (χ1n) is 4.39. The van der Waals surface area contributed by atoms with Gasteiger partial charge >= 0.3 is 8.80 Å². The van der Waals surface area contributed by atoms with Gasteiger partial charge in [-0.1, -0.05) is 0 Å². The molecule has 0 aromatic carbocycles. The molecule has 7 heteroatoms. The van der Waals surface area contributed by atoms with Crippen molar-refractivity contribution < 1.29 is 17.4 Å². The average molecular weight is 240 g/mol. The number of rotatable bonds is 8. The van der Waals surface area contributed by atoms with E-state index in [4.69, 9.17) is 17.4 Å². The van der Waals surface area contributed by atoms with Crippen LogP contribution in [0.1, 0.15) is 6.42 Å². The van der Waals surface area contributed by atoms with Crippen molar-refractivity contribution in [1.29, 1.82) is 0 Å². The van der Waals surface area contributed by atoms with Gasteiger partial charge in [-0.2, -0.15) is 0 Å². The van der Waals surface area contributed by atoms with Crippen molar-refractivity contribution in [3.63, 3.8) is 0 Å². The third kappa shape index (κ3) is 5.05. The van der Waals surface area contributed by atoms with E-state index in [1.54, 1.807) is 21.3 Å². The maximum Gasteiger partial charge on any atom is 0.500 e. The van der Waals surface area contributed by atoms with Crippen LogP contribution in [-0.4, -0.2) is 50.4 Å². The first-order chi connectivity index (χ1) is 6.24. The van der Waals surface area contributed by atoms with Crippen molar-refractivity contribution in [2.45, 2.75) is 18.5 Å². The van der Waals surface area contributed by atoms with Crippen LogP contribution >= 0.6 is 0 Å². The first-order valence-corrected chi connectivity index (χ1v) is 8.71. The fraction of sp³-hybridized carbons (Fsp3) is 1.00. The summed E-state index contributed by atoms with van der Waals surface area (Å²) in [5.74, 6) is 0. The molecule has 0 saturated heterocycles. The summed E-state index contributed by atoms with van der Waals surface area (Å²) in [4.78, 5) is 0. The molecule has 80 valence electrons. The molecular formula is C6H20O4Si3. The summed E-state index contributed by atoms with van der Waals surface area (Å²) in [5, 5.41) is 0. The lowest BCUT2D eigenvalue weighted by molar-refractivity contribution is 0.123. The van der Waals surface area contributed by atoms with Crippen LogP contribution < -0.4 is 0 Å². The van der Waals surface area contributed by atoms with E-state index < -0.39 is 8.80 Å². The van der Waals surface area contributed by atoms with Gasteiger partial charge in [0.15, 0.2) is 0 Å². The van der Waals surface area contributed by atoms with Gasteiger partial charge in [0.25, 0.3) is 0 Å². The van der Waals surface area contributed by atoms with Crippen molar-refractivity contribution in [2.24, 2.45) is 0 Å². The van der Waals surface area contributed by atoms with Gasteiger partial charge in [-0.25, -0.2) is 0 Å². The Balaban J connectivity index is 3.68. The largest absolute Gasteiger partial charge is 0.500 e. The summed E-state index contributed by atoms with van der Waals surface area (Å²) in [7, 11) is 3.29. The lowest BCUT2D eigenvalue weighted by Gasteiger charge is -2.24. The van der Waals surface area contributed by atoms with Crippen LogP contribution in [0.25, 0.3) is 0 Å². The highest BCUT2D eigenvalue weighted by Gasteiger charge is 2.36. The lowest BCUT2D eigenvalue weighted by atomic mass is 10.6. The molecule has 0 aliphatic rings. The summed E-state index contributed by atoms with van der Waals surface area (Å²) < 4.78 is 21.1. The van der Waals surface area contributed by atoms with Crippen LogP contribution in [0.4, 0.5) is 0 Å². The predicted molar refractivity (Wildman–Crippen MR) is 60.6 cm³/mol. The van der Waals surface area contributed by atoms with Gasteiger partial charge < -0.3 is 17.4 Å². The Morgan fingerprint density at radius 2 is 1.69 bits per heavy atom. The normalized spacial score (nSPS) is 13.2. The van der Waals surface area contributed by atoms with E-state index in [0.717, 1.165) is 23.0 Å². The molecule has 0 fully saturated rings. The van der Waals surface area contributed by atoms with Crippen molar-refractivity contribution in [3.05, 3.63) is 0 Å². The van der Waals surface area contributed by atoms with Crippen LogP contribution in [-0.2, 0) is 17.4 Å². The predicted octanol–water partition coefficient (Wildman–Crippen LogP) is -0.946. The molecule has 0 aliphatic carbocycles. The van der Waals surface area contributed by atoms with Crippen LogP contribution in [0.2, 0.25) is 12.1 Å². The molecule has 0 saturated carbocycles. The Morgan fingerprint density at radius 1 is 1.15 bits per heavy atom. The highest BCUT2D eigenvalue weighted by atomic mass is 28.4. The topological polar surface area (TPSA) is 36.9 Å². The Labute approximate surface area is 86.8 Å². The van der Waals surface area contributed by atoms with Crippen LogP contribution in [0.5, 0.6) is 0 Å². The lowest BCUT2D eigenvalue weighted by Crippen LogP contribution is -2.42. The molecule has 0 amide bonds. The van der Waals surface area contributed by atoms with Gasteiger partial charge in [0.05, 0.1) is 0 Å². The summed E-state index contributed by atoms with van der Waals surface area (Å²) in [6.07, 6.45) is 1.09. The molecule has 13 heavy (non-hydrogen) atoms. The van der Waals surface area contributed by atoms with Gasteiger partial charge in [-0.05, 0) is 12.5 Å². The van der Waals surface area contributed by atoms with E-state index in [-0.39, 0.29) is 9.76 Å². The van der Waals surface area contributed by atoms with E-state index in [2.05, 4.69) is 0 Å². The molecule has 0 aromatic rings. The molecule has 0 rings (SSSR count). The van der Waals surface area contributed by atoms with E-state index >= 15 is 0 Å². The maximum absolute atomic E-state index is 5.29. The first kappa shape index (κ1) is 13.5. The zero-order valence-corrected chi connectivity index (χ0v) is 13.4. The van der Waals surface area contributed by atoms with Crippen LogP contribution in [0.3, 0.4) is 0 Å². The second kappa shape index (κ2) is 7.85. The molecule has 0 spiro atoms. The van der Waals surface area contributed by atoms with Gasteiger partial charge in [0, 0.05) is 27.4 Å². The zero-order chi connectivity index (χ0) is 10.2. The van der Waals surface area contributed by atoms with Crippen LogP contribution in [0.15, 0.2) is 0 Å². The molecular weight excluding hydrogens is 220 g/mol. The Hall–Kier alpha value is 0.491. The Kier molecular flexibility index (Phi) is 8.15. The zero-order valence-electron chi connectivity index (χ0n) is 8.96. The minimum Gasteiger partial charge on any atom is -0.468 e. The van der Waals surface area contributed by atoms with Gasteiger partial charge in [0.2, 0.25) is 0 Å². The molecule has 4 nitrogen and oxygen atoms in total. The molecule has 0 aliphatic heterocycles. The average Bonchev–Trinajstić information content (AvgIpc) is 2.20. The number of hydrogen-bond acceptors (Lipinski definition) is 4. The van der Waals surface area contributed by atoms with Crippen LogP contribution in [0, 0.1) is 0 Å². The van der Waals surface area contributed by atoms with Crippen molar-refractivity contribution in [3.8, 4) is 0 Å². The van der Waals surface area contributed by atoms with Gasteiger partial charge in [-0.15, -0.1) is 0 Å². The summed E-state index contributed by atoms with van der Waals surface area (Å²) in [6, 6.07) is 2.09. The summed E-state index contributed by atoms with van der Waals surface area (Å²) in [5.41, 5.74) is 0. The van der Waals surface area contributed by atoms with E-state index in [9.17, 15) is 0 Å². The quantitative estimate of drug-likeness (QED) is 0.405. The minimum atomic E-state index is -2.29. The fourth-order valence-electron chi connectivity index (χ4n) is 1.14. The second-order valence-electron chi connectivity index (χ2n) is 2.75. The molecule has 0 aromatic heterocycles. The van der Waals surface area contributed by atoms with Gasteiger partial charge in [0.1, 0.15) is 20.2 Å². The molecule has 0 heterocycles. The van der Waals surface area contributed by atoms with Crippen molar-refractivity contribution in [2.75, 3.05) is 21.3 Å². The Morgan fingerprint density at radius 3 is 2.08 bits per heavy atom. The maximum atomic E-state index is 5.29. The van der Waals surface area contributed by atoms with Gasteiger partial charge in [-0.3, -0.25) is 0 Å². The SMILES string of the molecule is CO[Si](CCC[SiH2]O[SiH3])(OC)OC. The minimum absolute atomic E-state index is 0.253. The molecule has 0 N–H and O–H groups in total. The second-order valence-corrected chi connectivity index (χ2v) is 9.26. The monoisotopic (exact) mass is 240 g/mol. The third-order valence-corrected chi connectivity index (χ3v) is 7.27. The highest BCUT2D eigenvalue weighted by Crippen LogP contribution is 2.16. The molecule has 0 unspecified atom stereocenters. The Bertz CT molecular complexity index is 112. The van der Waals surface area contributed by atoms with E-state index in [1.807, 2.05) is 0 Å². The standard InChI is InChI=1S/C6H20O4Si3/c1-7-13(8-2,9-3)6-4-5-12-10-11/h4-6,12H2,1-3,11H3. The summed E-state index contributed by atoms with van der Waals surface area (Å²) >= 11 is 0. The van der Waals surface area contributed by atoms with Crippen molar-refractivity contribution >= 4 is 29.1 Å².